The van der Waals surface area contributed by atoms with Crippen LogP contribution in [0.2, 0.25) is 5.02 Å². The Morgan fingerprint density at radius 1 is 1.17 bits per heavy atom. The number of hydrogen-bond acceptors (Lipinski definition) is 3. The van der Waals surface area contributed by atoms with E-state index in [9.17, 15) is 4.79 Å². The highest BCUT2D eigenvalue weighted by Crippen LogP contribution is 2.25. The summed E-state index contributed by atoms with van der Waals surface area (Å²) in [5.74, 6) is 1.29. The van der Waals surface area contributed by atoms with E-state index in [1.54, 1.807) is 19.2 Å². The van der Waals surface area contributed by atoms with Gasteiger partial charge in [-0.3, -0.25) is 0 Å². The molecule has 23 heavy (non-hydrogen) atoms. The van der Waals surface area contributed by atoms with Crippen molar-refractivity contribution in [3.8, 4) is 11.5 Å². The first kappa shape index (κ1) is 17.0. The van der Waals surface area contributed by atoms with Crippen molar-refractivity contribution in [3.05, 3.63) is 53.1 Å². The second-order valence-electron chi connectivity index (χ2n) is 4.86. The number of benzene rings is 2. The molecule has 2 rings (SSSR count). The van der Waals surface area contributed by atoms with Crippen LogP contribution in [0.4, 0.5) is 10.5 Å². The third kappa shape index (κ3) is 5.07. The van der Waals surface area contributed by atoms with Gasteiger partial charge in [0.2, 0.25) is 0 Å². The smallest absolute Gasteiger partial charge is 0.319 e. The van der Waals surface area contributed by atoms with Crippen molar-refractivity contribution in [2.45, 2.75) is 6.92 Å². The topological polar surface area (TPSA) is 59.6 Å². The minimum Gasteiger partial charge on any atom is -0.493 e. The highest BCUT2D eigenvalue weighted by Gasteiger charge is 2.06. The molecular weight excluding hydrogens is 316 g/mol. The lowest BCUT2D eigenvalue weighted by Crippen LogP contribution is -2.32. The van der Waals surface area contributed by atoms with Crippen molar-refractivity contribution in [2.75, 3.05) is 25.6 Å². The Morgan fingerprint density at radius 3 is 2.61 bits per heavy atom. The van der Waals surface area contributed by atoms with Crippen molar-refractivity contribution in [1.29, 1.82) is 0 Å². The van der Waals surface area contributed by atoms with Crippen LogP contribution < -0.4 is 20.1 Å². The molecule has 6 heteroatoms. The number of nitrogens with one attached hydrogen (secondary N) is 2. The maximum absolute atomic E-state index is 11.8. The number of ether oxygens (including phenoxy) is 2. The molecule has 0 aromatic heterocycles. The molecule has 5 nitrogen and oxygen atoms in total. The molecule has 0 unspecified atom stereocenters. The number of hydrogen-bond donors (Lipinski definition) is 2. The van der Waals surface area contributed by atoms with Crippen LogP contribution in [0, 0.1) is 6.92 Å². The third-order valence-electron chi connectivity index (χ3n) is 3.09. The van der Waals surface area contributed by atoms with E-state index < -0.39 is 0 Å². The number of anilines is 1. The van der Waals surface area contributed by atoms with E-state index in [1.165, 1.54) is 0 Å². The molecule has 0 radical (unpaired) electrons. The Bertz CT molecular complexity index is 677. The SMILES string of the molecule is COc1ccccc1OCCNC(=O)Nc1ccc(C)cc1Cl. The molecule has 0 bridgehead atoms. The Hall–Kier alpha value is -2.40. The number of carbonyl (C=O) groups excluding carboxylic acids is 1. The number of halogens is 1. The van der Waals surface area contributed by atoms with Crippen molar-refractivity contribution in [3.63, 3.8) is 0 Å². The summed E-state index contributed by atoms with van der Waals surface area (Å²) < 4.78 is 10.8. The second kappa shape index (κ2) is 8.29. The zero-order valence-corrected chi connectivity index (χ0v) is 13.8. The predicted molar refractivity (Wildman–Crippen MR) is 91.7 cm³/mol. The van der Waals surface area contributed by atoms with Gasteiger partial charge in [0.15, 0.2) is 11.5 Å². The molecule has 0 saturated carbocycles. The molecule has 122 valence electrons. The summed E-state index contributed by atoms with van der Waals surface area (Å²) in [6.45, 7) is 2.62. The van der Waals surface area contributed by atoms with Crippen LogP contribution in [0.1, 0.15) is 5.56 Å². The maximum Gasteiger partial charge on any atom is 0.319 e. The summed E-state index contributed by atoms with van der Waals surface area (Å²) in [6, 6.07) is 12.5. The van der Waals surface area contributed by atoms with Gasteiger partial charge in [-0.15, -0.1) is 0 Å². The van der Waals surface area contributed by atoms with Crippen molar-refractivity contribution in [2.24, 2.45) is 0 Å². The number of carbonyl (C=O) groups is 1. The quantitative estimate of drug-likeness (QED) is 0.789. The highest BCUT2D eigenvalue weighted by atomic mass is 35.5. The number of para-hydroxylation sites is 2. The standard InChI is InChI=1S/C17H19ClN2O3/c1-12-7-8-14(13(18)11-12)20-17(21)19-9-10-23-16-6-4-3-5-15(16)22-2/h3-8,11H,9-10H2,1-2H3,(H2,19,20,21). The van der Waals surface area contributed by atoms with E-state index in [1.807, 2.05) is 37.3 Å². The van der Waals surface area contributed by atoms with E-state index in [4.69, 9.17) is 21.1 Å². The van der Waals surface area contributed by atoms with Crippen LogP contribution in [0.25, 0.3) is 0 Å². The molecule has 0 fully saturated rings. The van der Waals surface area contributed by atoms with E-state index in [0.717, 1.165) is 5.56 Å². The second-order valence-corrected chi connectivity index (χ2v) is 5.27. The largest absolute Gasteiger partial charge is 0.493 e. The Morgan fingerprint density at radius 2 is 1.91 bits per heavy atom. The lowest BCUT2D eigenvalue weighted by atomic mass is 10.2. The van der Waals surface area contributed by atoms with E-state index in [-0.39, 0.29) is 6.03 Å². The van der Waals surface area contributed by atoms with Gasteiger partial charge in [0.1, 0.15) is 6.61 Å². The monoisotopic (exact) mass is 334 g/mol. The van der Waals surface area contributed by atoms with Crippen LogP contribution in [0.15, 0.2) is 42.5 Å². The average molecular weight is 335 g/mol. The maximum atomic E-state index is 11.8. The normalized spacial score (nSPS) is 10.0. The summed E-state index contributed by atoms with van der Waals surface area (Å²) in [7, 11) is 1.58. The molecular formula is C17H19ClN2O3. The number of urea groups is 1. The van der Waals surface area contributed by atoms with Gasteiger partial charge in [0.25, 0.3) is 0 Å². The molecule has 0 spiro atoms. The third-order valence-corrected chi connectivity index (χ3v) is 3.40. The van der Waals surface area contributed by atoms with Crippen molar-refractivity contribution in [1.82, 2.24) is 5.32 Å². The number of aryl methyl sites for hydroxylation is 1. The van der Waals surface area contributed by atoms with Gasteiger partial charge in [-0.1, -0.05) is 29.8 Å². The summed E-state index contributed by atoms with van der Waals surface area (Å²) in [5.41, 5.74) is 1.60. The Labute approximate surface area is 140 Å². The molecule has 2 N–H and O–H groups in total. The molecule has 0 aliphatic rings. The zero-order chi connectivity index (χ0) is 16.7. The predicted octanol–water partition coefficient (Wildman–Crippen LogP) is 3.86. The average Bonchev–Trinajstić information content (AvgIpc) is 2.54. The summed E-state index contributed by atoms with van der Waals surface area (Å²) >= 11 is 6.07. The zero-order valence-electron chi connectivity index (χ0n) is 13.1. The fourth-order valence-electron chi connectivity index (χ4n) is 1.95. The lowest BCUT2D eigenvalue weighted by Gasteiger charge is -2.12. The fraction of sp³-hybridized carbons (Fsp3) is 0.235. The molecule has 0 atom stereocenters. The van der Waals surface area contributed by atoms with E-state index >= 15 is 0 Å². The molecule has 2 aromatic carbocycles. The van der Waals surface area contributed by atoms with Crippen LogP contribution >= 0.6 is 11.6 Å². The Balaban J connectivity index is 1.76. The Kier molecular flexibility index (Phi) is 6.11. The van der Waals surface area contributed by atoms with E-state index in [0.29, 0.717) is 35.4 Å². The molecule has 0 aliphatic carbocycles. The molecule has 0 aliphatic heterocycles. The molecule has 0 heterocycles. The summed E-state index contributed by atoms with van der Waals surface area (Å²) in [4.78, 5) is 11.8. The minimum atomic E-state index is -0.334. The molecule has 0 saturated heterocycles. The van der Waals surface area contributed by atoms with Gasteiger partial charge in [0.05, 0.1) is 24.4 Å². The van der Waals surface area contributed by atoms with Crippen LogP contribution in [-0.4, -0.2) is 26.3 Å². The van der Waals surface area contributed by atoms with Crippen LogP contribution in [0.5, 0.6) is 11.5 Å². The van der Waals surface area contributed by atoms with Gasteiger partial charge < -0.3 is 20.1 Å². The first-order valence-corrected chi connectivity index (χ1v) is 7.55. The number of amides is 2. The molecule has 2 amide bonds. The minimum absolute atomic E-state index is 0.329. The van der Waals surface area contributed by atoms with Crippen molar-refractivity contribution >= 4 is 23.3 Å². The summed E-state index contributed by atoms with van der Waals surface area (Å²) in [5, 5.41) is 5.91. The number of rotatable bonds is 6. The van der Waals surface area contributed by atoms with Gasteiger partial charge in [-0.05, 0) is 36.8 Å². The highest BCUT2D eigenvalue weighted by molar-refractivity contribution is 6.33. The number of methoxy groups -OCH3 is 1. The van der Waals surface area contributed by atoms with Gasteiger partial charge in [0, 0.05) is 0 Å². The first-order chi connectivity index (χ1) is 11.1. The lowest BCUT2D eigenvalue weighted by molar-refractivity contribution is 0.246. The fourth-order valence-corrected chi connectivity index (χ4v) is 2.23. The van der Waals surface area contributed by atoms with Crippen LogP contribution in [-0.2, 0) is 0 Å². The van der Waals surface area contributed by atoms with E-state index in [2.05, 4.69) is 10.6 Å². The van der Waals surface area contributed by atoms with Gasteiger partial charge >= 0.3 is 6.03 Å². The van der Waals surface area contributed by atoms with Crippen LogP contribution in [0.3, 0.4) is 0 Å². The van der Waals surface area contributed by atoms with Gasteiger partial charge in [-0.2, -0.15) is 0 Å². The van der Waals surface area contributed by atoms with Gasteiger partial charge in [-0.25, -0.2) is 4.79 Å². The first-order valence-electron chi connectivity index (χ1n) is 7.17. The van der Waals surface area contributed by atoms with Crippen molar-refractivity contribution < 1.29 is 14.3 Å². The molecule has 2 aromatic rings. The summed E-state index contributed by atoms with van der Waals surface area (Å²) in [6.07, 6.45) is 0.